The second-order valence-electron chi connectivity index (χ2n) is 7.69. The van der Waals surface area contributed by atoms with Crippen molar-refractivity contribution in [2.45, 2.75) is 44.6 Å². The Hall–Kier alpha value is -2.45. The average Bonchev–Trinajstić information content (AvgIpc) is 3.03. The van der Waals surface area contributed by atoms with Crippen LogP contribution < -0.4 is 20.3 Å². The number of aromatic nitrogens is 2. The van der Waals surface area contributed by atoms with E-state index in [1.807, 2.05) is 36.4 Å². The van der Waals surface area contributed by atoms with Crippen molar-refractivity contribution in [1.82, 2.24) is 15.3 Å². The summed E-state index contributed by atoms with van der Waals surface area (Å²) < 4.78 is 11.5. The summed E-state index contributed by atoms with van der Waals surface area (Å²) in [6, 6.07) is 11.9. The highest BCUT2D eigenvalue weighted by molar-refractivity contribution is 7.80. The van der Waals surface area contributed by atoms with Crippen LogP contribution in [0.15, 0.2) is 36.4 Å². The van der Waals surface area contributed by atoms with Crippen LogP contribution >= 0.6 is 12.2 Å². The number of morpholine rings is 1. The van der Waals surface area contributed by atoms with Crippen LogP contribution in [-0.4, -0.2) is 47.4 Å². The number of hydrogen-bond donors (Lipinski definition) is 2. The van der Waals surface area contributed by atoms with Gasteiger partial charge >= 0.3 is 0 Å². The molecule has 7 nitrogen and oxygen atoms in total. The van der Waals surface area contributed by atoms with Crippen LogP contribution in [0, 0.1) is 0 Å². The molecule has 1 aliphatic heterocycles. The van der Waals surface area contributed by atoms with E-state index in [0.29, 0.717) is 36.2 Å². The van der Waals surface area contributed by atoms with Gasteiger partial charge in [-0.25, -0.2) is 0 Å². The van der Waals surface area contributed by atoms with Crippen LogP contribution in [0.25, 0.3) is 0 Å². The Kier molecular flexibility index (Phi) is 7.31. The number of rotatable bonds is 5. The fraction of sp³-hybridized carbons (Fsp3) is 0.500. The maximum Gasteiger partial charge on any atom is 0.234 e. The Bertz CT molecular complexity index is 822. The van der Waals surface area contributed by atoms with E-state index in [1.54, 1.807) is 0 Å². The highest BCUT2D eigenvalue weighted by atomic mass is 32.1. The fourth-order valence-electron chi connectivity index (χ4n) is 3.83. The number of ether oxygens (including phenoxy) is 2. The van der Waals surface area contributed by atoms with Crippen molar-refractivity contribution in [3.8, 4) is 11.6 Å². The minimum Gasteiger partial charge on any atom is -0.439 e. The number of nitrogens with one attached hydrogen (secondary N) is 2. The third-order valence-electron chi connectivity index (χ3n) is 5.41. The van der Waals surface area contributed by atoms with Gasteiger partial charge in [0.2, 0.25) is 11.8 Å². The third-order valence-corrected chi connectivity index (χ3v) is 5.63. The zero-order valence-electron chi connectivity index (χ0n) is 17.2. The van der Waals surface area contributed by atoms with E-state index in [-0.39, 0.29) is 0 Å². The molecule has 30 heavy (non-hydrogen) atoms. The molecular formula is C22H29N5O2S. The van der Waals surface area contributed by atoms with Gasteiger partial charge in [-0.1, -0.05) is 43.9 Å². The standard InChI is InChI=1S/C22H29N5O2S/c30-22(23-17-8-4-1-2-5-9-17)26-21-24-19(27-12-14-28-15-13-27)16-20(25-21)29-18-10-6-3-7-11-18/h3,6-7,10-11,16-17H,1-2,4-5,8-9,12-15H2,(H2,23,24,25,26,30). The van der Waals surface area contributed by atoms with Gasteiger partial charge in [-0.2, -0.15) is 9.97 Å². The lowest BCUT2D eigenvalue weighted by atomic mass is 10.1. The first-order valence-electron chi connectivity index (χ1n) is 10.8. The molecule has 1 aliphatic carbocycles. The molecule has 8 heteroatoms. The Morgan fingerprint density at radius 1 is 1.03 bits per heavy atom. The molecule has 0 bridgehead atoms. The van der Waals surface area contributed by atoms with Gasteiger partial charge in [0.05, 0.1) is 13.2 Å². The van der Waals surface area contributed by atoms with Crippen molar-refractivity contribution >= 4 is 29.1 Å². The summed E-state index contributed by atoms with van der Waals surface area (Å²) in [5.41, 5.74) is 0. The third kappa shape index (κ3) is 6.03. The Balaban J connectivity index is 1.49. The van der Waals surface area contributed by atoms with Crippen molar-refractivity contribution in [2.24, 2.45) is 0 Å². The van der Waals surface area contributed by atoms with E-state index in [9.17, 15) is 0 Å². The quantitative estimate of drug-likeness (QED) is 0.546. The summed E-state index contributed by atoms with van der Waals surface area (Å²) in [5.74, 6) is 2.46. The SMILES string of the molecule is S=C(Nc1nc(Oc2ccccc2)cc(N2CCOCC2)n1)NC1CCCCCC1. The number of nitrogens with zero attached hydrogens (tertiary/aromatic N) is 3. The maximum absolute atomic E-state index is 5.99. The van der Waals surface area contributed by atoms with E-state index in [2.05, 4.69) is 20.5 Å². The summed E-state index contributed by atoms with van der Waals surface area (Å²) >= 11 is 5.56. The van der Waals surface area contributed by atoms with Crippen LogP contribution in [0.4, 0.5) is 11.8 Å². The van der Waals surface area contributed by atoms with Crippen LogP contribution in [0.2, 0.25) is 0 Å². The first kappa shape index (κ1) is 20.8. The number of anilines is 2. The molecule has 2 aromatic rings. The van der Waals surface area contributed by atoms with Crippen LogP contribution in [0.3, 0.4) is 0 Å². The monoisotopic (exact) mass is 427 g/mol. The first-order chi connectivity index (χ1) is 14.8. The topological polar surface area (TPSA) is 71.5 Å². The molecule has 1 aromatic carbocycles. The largest absolute Gasteiger partial charge is 0.439 e. The molecule has 0 spiro atoms. The van der Waals surface area contributed by atoms with Gasteiger partial charge in [-0.05, 0) is 37.2 Å². The molecule has 160 valence electrons. The van der Waals surface area contributed by atoms with E-state index in [0.717, 1.165) is 37.5 Å². The van der Waals surface area contributed by atoms with Crippen LogP contribution in [0.5, 0.6) is 11.6 Å². The smallest absolute Gasteiger partial charge is 0.234 e. The van der Waals surface area contributed by atoms with Crippen molar-refractivity contribution in [2.75, 3.05) is 36.5 Å². The first-order valence-corrected chi connectivity index (χ1v) is 11.2. The summed E-state index contributed by atoms with van der Waals surface area (Å²) in [4.78, 5) is 11.4. The maximum atomic E-state index is 5.99. The van der Waals surface area contributed by atoms with Crippen molar-refractivity contribution in [3.63, 3.8) is 0 Å². The second-order valence-corrected chi connectivity index (χ2v) is 8.10. The van der Waals surface area contributed by atoms with Crippen molar-refractivity contribution in [1.29, 1.82) is 0 Å². The average molecular weight is 428 g/mol. The molecule has 2 fully saturated rings. The fourth-order valence-corrected chi connectivity index (χ4v) is 4.09. The molecule has 4 rings (SSSR count). The summed E-state index contributed by atoms with van der Waals surface area (Å²) in [6.45, 7) is 2.94. The van der Waals surface area contributed by atoms with Gasteiger partial charge in [0, 0.05) is 25.2 Å². The molecule has 1 saturated heterocycles. The zero-order valence-corrected chi connectivity index (χ0v) is 18.0. The summed E-state index contributed by atoms with van der Waals surface area (Å²) in [6.07, 6.45) is 7.42. The normalized spacial score (nSPS) is 17.8. The number of para-hydroxylation sites is 1. The second kappa shape index (κ2) is 10.5. The molecule has 2 heterocycles. The van der Waals surface area contributed by atoms with Gasteiger partial charge in [0.1, 0.15) is 11.6 Å². The van der Waals surface area contributed by atoms with Crippen molar-refractivity contribution < 1.29 is 9.47 Å². The summed E-state index contributed by atoms with van der Waals surface area (Å²) in [7, 11) is 0. The number of thiocarbonyl (C=S) groups is 1. The van der Waals surface area contributed by atoms with E-state index in [1.165, 1.54) is 25.7 Å². The lowest BCUT2D eigenvalue weighted by Gasteiger charge is -2.28. The minimum absolute atomic E-state index is 0.412. The predicted octanol–water partition coefficient (Wildman–Crippen LogP) is 4.11. The van der Waals surface area contributed by atoms with E-state index in [4.69, 9.17) is 26.7 Å². The zero-order chi connectivity index (χ0) is 20.6. The van der Waals surface area contributed by atoms with E-state index >= 15 is 0 Å². The Morgan fingerprint density at radius 2 is 1.77 bits per heavy atom. The Morgan fingerprint density at radius 3 is 2.50 bits per heavy atom. The molecule has 2 N–H and O–H groups in total. The lowest BCUT2D eigenvalue weighted by molar-refractivity contribution is 0.122. The van der Waals surface area contributed by atoms with Gasteiger partial charge in [0.15, 0.2) is 5.11 Å². The molecule has 0 radical (unpaired) electrons. The van der Waals surface area contributed by atoms with Gasteiger partial charge in [0.25, 0.3) is 0 Å². The predicted molar refractivity (Wildman–Crippen MR) is 122 cm³/mol. The van der Waals surface area contributed by atoms with Crippen LogP contribution in [0.1, 0.15) is 38.5 Å². The van der Waals surface area contributed by atoms with E-state index < -0.39 is 0 Å². The molecule has 0 unspecified atom stereocenters. The number of hydrogen-bond acceptors (Lipinski definition) is 6. The van der Waals surface area contributed by atoms with Crippen molar-refractivity contribution in [3.05, 3.63) is 36.4 Å². The molecule has 0 atom stereocenters. The Labute approximate surface area is 183 Å². The lowest BCUT2D eigenvalue weighted by Crippen LogP contribution is -2.38. The molecule has 0 amide bonds. The van der Waals surface area contributed by atoms with Gasteiger partial charge in [-0.15, -0.1) is 0 Å². The highest BCUT2D eigenvalue weighted by Gasteiger charge is 2.18. The molecule has 1 aromatic heterocycles. The van der Waals surface area contributed by atoms with Crippen LogP contribution in [-0.2, 0) is 4.74 Å². The van der Waals surface area contributed by atoms with Gasteiger partial charge < -0.3 is 25.0 Å². The molecular weight excluding hydrogens is 398 g/mol. The highest BCUT2D eigenvalue weighted by Crippen LogP contribution is 2.25. The molecule has 1 saturated carbocycles. The summed E-state index contributed by atoms with van der Waals surface area (Å²) in [5, 5.41) is 7.18. The van der Waals surface area contributed by atoms with Gasteiger partial charge in [-0.3, -0.25) is 0 Å². The molecule has 2 aliphatic rings. The minimum atomic E-state index is 0.412. The number of benzene rings is 1.